The number of carboxylic acids is 1. The Labute approximate surface area is 133 Å². The van der Waals surface area contributed by atoms with Crippen molar-refractivity contribution >= 4 is 17.8 Å². The predicted octanol–water partition coefficient (Wildman–Crippen LogP) is -0.562. The van der Waals surface area contributed by atoms with Crippen molar-refractivity contribution in [3.63, 3.8) is 0 Å². The maximum absolute atomic E-state index is 12.2. The molecule has 0 aromatic heterocycles. The molecule has 2 rings (SSSR count). The fourth-order valence-electron chi connectivity index (χ4n) is 2.58. The maximum atomic E-state index is 12.2. The lowest BCUT2D eigenvalue weighted by Gasteiger charge is -2.20. The van der Waals surface area contributed by atoms with Crippen molar-refractivity contribution in [2.75, 3.05) is 20.2 Å². The number of aliphatic carboxylic acids is 1. The summed E-state index contributed by atoms with van der Waals surface area (Å²) in [5.74, 6) is -1.25. The van der Waals surface area contributed by atoms with Crippen LogP contribution in [0, 0.1) is 0 Å². The molecule has 1 saturated heterocycles. The van der Waals surface area contributed by atoms with E-state index in [-0.39, 0.29) is 25.4 Å². The number of carbonyl (C=O) groups excluding carboxylic acids is 2. The molecular weight excluding hydrogens is 302 g/mol. The summed E-state index contributed by atoms with van der Waals surface area (Å²) in [5.41, 5.74) is 5.73. The average molecular weight is 321 g/mol. The first kappa shape index (κ1) is 16.8. The van der Waals surface area contributed by atoms with Crippen LogP contribution in [0.5, 0.6) is 5.75 Å². The van der Waals surface area contributed by atoms with E-state index in [0.29, 0.717) is 11.3 Å². The number of nitrogens with zero attached hydrogens (tertiary/aromatic N) is 1. The van der Waals surface area contributed by atoms with Gasteiger partial charge >= 0.3 is 5.97 Å². The number of nitrogens with one attached hydrogen (secondary N) is 1. The smallest absolute Gasteiger partial charge is 0.326 e. The third kappa shape index (κ3) is 3.78. The van der Waals surface area contributed by atoms with Gasteiger partial charge in [0.15, 0.2) is 0 Å². The summed E-state index contributed by atoms with van der Waals surface area (Å²) in [5, 5.41) is 11.9. The van der Waals surface area contributed by atoms with Crippen LogP contribution in [-0.4, -0.2) is 60.1 Å². The van der Waals surface area contributed by atoms with Crippen LogP contribution in [0.3, 0.4) is 0 Å². The van der Waals surface area contributed by atoms with Gasteiger partial charge < -0.3 is 25.8 Å². The van der Waals surface area contributed by atoms with Crippen LogP contribution in [0.25, 0.3) is 0 Å². The van der Waals surface area contributed by atoms with Gasteiger partial charge in [-0.15, -0.1) is 0 Å². The topological polar surface area (TPSA) is 122 Å². The zero-order valence-electron chi connectivity index (χ0n) is 12.7. The Bertz CT molecular complexity index is 602. The van der Waals surface area contributed by atoms with Gasteiger partial charge in [0.05, 0.1) is 13.7 Å². The van der Waals surface area contributed by atoms with E-state index in [0.717, 1.165) is 0 Å². The van der Waals surface area contributed by atoms with Gasteiger partial charge in [-0.25, -0.2) is 4.79 Å². The molecule has 1 heterocycles. The molecule has 0 saturated carbocycles. The molecule has 0 aliphatic carbocycles. The van der Waals surface area contributed by atoms with E-state index in [1.807, 2.05) is 0 Å². The first-order chi connectivity index (χ1) is 11.0. The molecule has 8 heteroatoms. The number of carboxylic acid groups (broad SMARTS) is 1. The van der Waals surface area contributed by atoms with Gasteiger partial charge in [-0.1, -0.05) is 0 Å². The summed E-state index contributed by atoms with van der Waals surface area (Å²) >= 11 is 0. The Balaban J connectivity index is 2.03. The molecule has 2 amide bonds. The van der Waals surface area contributed by atoms with Crippen molar-refractivity contribution in [2.24, 2.45) is 5.73 Å². The Hall–Kier alpha value is -2.61. The van der Waals surface area contributed by atoms with Crippen LogP contribution >= 0.6 is 0 Å². The number of carbonyl (C=O) groups is 3. The summed E-state index contributed by atoms with van der Waals surface area (Å²) in [4.78, 5) is 36.3. The molecule has 0 spiro atoms. The van der Waals surface area contributed by atoms with Gasteiger partial charge in [-0.05, 0) is 24.3 Å². The number of amides is 2. The highest BCUT2D eigenvalue weighted by molar-refractivity contribution is 5.94. The maximum Gasteiger partial charge on any atom is 0.326 e. The van der Waals surface area contributed by atoms with E-state index >= 15 is 0 Å². The zero-order valence-corrected chi connectivity index (χ0v) is 12.7. The van der Waals surface area contributed by atoms with Gasteiger partial charge in [0.2, 0.25) is 5.91 Å². The summed E-state index contributed by atoms with van der Waals surface area (Å²) in [6, 6.07) is 5.15. The molecule has 1 aromatic rings. The van der Waals surface area contributed by atoms with Crippen LogP contribution in [0.1, 0.15) is 16.8 Å². The van der Waals surface area contributed by atoms with Gasteiger partial charge in [0, 0.05) is 24.6 Å². The Morgan fingerprint density at radius 2 is 2.00 bits per heavy atom. The van der Waals surface area contributed by atoms with Gasteiger partial charge in [0.25, 0.3) is 5.91 Å². The number of methoxy groups -OCH3 is 1. The van der Waals surface area contributed by atoms with E-state index in [1.165, 1.54) is 12.0 Å². The highest BCUT2D eigenvalue weighted by Gasteiger charge is 2.39. The number of hydrogen-bond donors (Lipinski definition) is 3. The van der Waals surface area contributed by atoms with Gasteiger partial charge in [-0.3, -0.25) is 9.59 Å². The highest BCUT2D eigenvalue weighted by Crippen LogP contribution is 2.19. The molecule has 4 N–H and O–H groups in total. The van der Waals surface area contributed by atoms with Crippen LogP contribution in [-0.2, 0) is 9.59 Å². The van der Waals surface area contributed by atoms with Gasteiger partial charge in [0.1, 0.15) is 11.8 Å². The van der Waals surface area contributed by atoms with Crippen molar-refractivity contribution in [1.29, 1.82) is 0 Å². The average Bonchev–Trinajstić information content (AvgIpc) is 2.98. The second-order valence-corrected chi connectivity index (χ2v) is 5.24. The number of ether oxygens (including phenoxy) is 1. The van der Waals surface area contributed by atoms with Gasteiger partial charge in [-0.2, -0.15) is 0 Å². The normalized spacial score (nSPS) is 20.2. The van der Waals surface area contributed by atoms with Crippen molar-refractivity contribution in [2.45, 2.75) is 18.5 Å². The molecule has 2 atom stereocenters. The Morgan fingerprint density at radius 1 is 1.35 bits per heavy atom. The summed E-state index contributed by atoms with van der Waals surface area (Å²) in [6.07, 6.45) is 0.156. The SMILES string of the molecule is COc1ccc(C(=O)N[C@@H]2C[C@@H](C(=O)O)N(C(=O)CN)C2)cc1. The molecule has 124 valence electrons. The number of nitrogens with two attached hydrogens (primary N) is 1. The fourth-order valence-corrected chi connectivity index (χ4v) is 2.58. The van der Waals surface area contributed by atoms with E-state index in [1.54, 1.807) is 24.3 Å². The lowest BCUT2D eigenvalue weighted by Crippen LogP contribution is -2.44. The molecule has 1 fully saturated rings. The lowest BCUT2D eigenvalue weighted by molar-refractivity contribution is -0.147. The minimum absolute atomic E-state index is 0.134. The Morgan fingerprint density at radius 3 is 2.52 bits per heavy atom. The third-order valence-electron chi connectivity index (χ3n) is 3.77. The van der Waals surface area contributed by atoms with Crippen molar-refractivity contribution in [3.05, 3.63) is 29.8 Å². The number of hydrogen-bond acceptors (Lipinski definition) is 5. The molecule has 0 bridgehead atoms. The largest absolute Gasteiger partial charge is 0.497 e. The Kier molecular flexibility index (Phi) is 5.17. The molecular formula is C15H19N3O5. The van der Waals surface area contributed by atoms with E-state index in [4.69, 9.17) is 10.5 Å². The predicted molar refractivity (Wildman–Crippen MR) is 81.1 cm³/mol. The van der Waals surface area contributed by atoms with Crippen LogP contribution in [0.2, 0.25) is 0 Å². The molecule has 1 aliphatic heterocycles. The monoisotopic (exact) mass is 321 g/mol. The zero-order chi connectivity index (χ0) is 17.0. The molecule has 0 radical (unpaired) electrons. The quantitative estimate of drug-likeness (QED) is 0.668. The van der Waals surface area contributed by atoms with Crippen LogP contribution < -0.4 is 15.8 Å². The number of likely N-dealkylation sites (tertiary alicyclic amines) is 1. The van der Waals surface area contributed by atoms with E-state index in [9.17, 15) is 19.5 Å². The molecule has 23 heavy (non-hydrogen) atoms. The minimum Gasteiger partial charge on any atom is -0.497 e. The van der Waals surface area contributed by atoms with Crippen molar-refractivity contribution in [1.82, 2.24) is 10.2 Å². The van der Waals surface area contributed by atoms with Crippen LogP contribution in [0.4, 0.5) is 0 Å². The lowest BCUT2D eigenvalue weighted by atomic mass is 10.1. The third-order valence-corrected chi connectivity index (χ3v) is 3.77. The second-order valence-electron chi connectivity index (χ2n) is 5.24. The molecule has 8 nitrogen and oxygen atoms in total. The van der Waals surface area contributed by atoms with Crippen LogP contribution in [0.15, 0.2) is 24.3 Å². The van der Waals surface area contributed by atoms with Crippen molar-refractivity contribution < 1.29 is 24.2 Å². The standard InChI is InChI=1S/C15H19N3O5/c1-23-11-4-2-9(3-5-11)14(20)17-10-6-12(15(21)22)18(8-10)13(19)7-16/h2-5,10,12H,6-8,16H2,1H3,(H,17,20)(H,21,22)/t10-,12+/m1/s1. The summed E-state index contributed by atoms with van der Waals surface area (Å²) in [6.45, 7) is -0.127. The summed E-state index contributed by atoms with van der Waals surface area (Å²) < 4.78 is 5.02. The van der Waals surface area contributed by atoms with Crippen molar-refractivity contribution in [3.8, 4) is 5.75 Å². The first-order valence-electron chi connectivity index (χ1n) is 7.13. The fraction of sp³-hybridized carbons (Fsp3) is 0.400. The summed E-state index contributed by atoms with van der Waals surface area (Å²) in [7, 11) is 1.53. The highest BCUT2D eigenvalue weighted by atomic mass is 16.5. The molecule has 1 aliphatic rings. The van der Waals surface area contributed by atoms with E-state index < -0.39 is 24.0 Å². The number of rotatable bonds is 5. The first-order valence-corrected chi connectivity index (χ1v) is 7.13. The minimum atomic E-state index is -1.10. The number of benzene rings is 1. The molecule has 1 aromatic carbocycles. The molecule has 0 unspecified atom stereocenters. The second kappa shape index (κ2) is 7.10. The van der Waals surface area contributed by atoms with E-state index in [2.05, 4.69) is 5.32 Å².